The zero-order valence-electron chi connectivity index (χ0n) is 14.9. The molecule has 0 bridgehead atoms. The molecule has 5 nitrogen and oxygen atoms in total. The van der Waals surface area contributed by atoms with Crippen LogP contribution in [0.15, 0.2) is 47.4 Å². The van der Waals surface area contributed by atoms with E-state index in [2.05, 4.69) is 5.32 Å². The van der Waals surface area contributed by atoms with E-state index in [9.17, 15) is 26.4 Å². The van der Waals surface area contributed by atoms with Crippen molar-refractivity contribution in [2.24, 2.45) is 0 Å². The van der Waals surface area contributed by atoms with Gasteiger partial charge in [-0.3, -0.25) is 4.79 Å². The molecule has 9 heteroatoms. The second-order valence-electron chi connectivity index (χ2n) is 6.60. The Morgan fingerprint density at radius 3 is 2.43 bits per heavy atom. The first kappa shape index (κ1) is 20.3. The van der Waals surface area contributed by atoms with Crippen molar-refractivity contribution in [3.8, 4) is 0 Å². The lowest BCUT2D eigenvalue weighted by atomic mass is 10.0. The Kier molecular flexibility index (Phi) is 6.04. The number of anilines is 1. The van der Waals surface area contributed by atoms with Gasteiger partial charge in [0.2, 0.25) is 15.9 Å². The number of sulfonamides is 1. The van der Waals surface area contributed by atoms with Gasteiger partial charge < -0.3 is 5.32 Å². The molecule has 0 aromatic heterocycles. The third-order valence-corrected chi connectivity index (χ3v) is 6.58. The summed E-state index contributed by atoms with van der Waals surface area (Å²) < 4.78 is 66.5. The molecule has 2 aromatic rings. The molecule has 2 aromatic carbocycles. The fourth-order valence-corrected chi connectivity index (χ4v) is 4.93. The second-order valence-corrected chi connectivity index (χ2v) is 8.49. The Morgan fingerprint density at radius 1 is 1.04 bits per heavy atom. The summed E-state index contributed by atoms with van der Waals surface area (Å²) in [5, 5.41) is 2.46. The number of halogens is 3. The van der Waals surface area contributed by atoms with E-state index >= 15 is 0 Å². The van der Waals surface area contributed by atoms with Crippen molar-refractivity contribution in [1.29, 1.82) is 0 Å². The Morgan fingerprint density at radius 2 is 1.75 bits per heavy atom. The summed E-state index contributed by atoms with van der Waals surface area (Å²) in [6, 6.07) is 6.94. The molecule has 1 saturated heterocycles. The van der Waals surface area contributed by atoms with Gasteiger partial charge in [0, 0.05) is 30.8 Å². The predicted molar refractivity (Wildman–Crippen MR) is 97.5 cm³/mol. The molecule has 0 saturated carbocycles. The van der Waals surface area contributed by atoms with Crippen molar-refractivity contribution < 1.29 is 26.4 Å². The third-order valence-electron chi connectivity index (χ3n) is 4.62. The lowest BCUT2D eigenvalue weighted by Gasteiger charge is -2.34. The zero-order chi connectivity index (χ0) is 20.3. The smallest absolute Gasteiger partial charge is 0.243 e. The number of nitrogens with zero attached hydrogens (tertiary/aromatic N) is 1. The molecule has 1 aliphatic heterocycles. The van der Waals surface area contributed by atoms with Gasteiger partial charge in [-0.1, -0.05) is 6.42 Å². The van der Waals surface area contributed by atoms with Crippen LogP contribution < -0.4 is 5.32 Å². The quantitative estimate of drug-likeness (QED) is 0.815. The van der Waals surface area contributed by atoms with Crippen LogP contribution in [0.5, 0.6) is 0 Å². The summed E-state index contributed by atoms with van der Waals surface area (Å²) in [6.07, 6.45) is 1.78. The maximum absolute atomic E-state index is 13.3. The Hall–Kier alpha value is -2.39. The number of amides is 1. The van der Waals surface area contributed by atoms with Crippen LogP contribution in [0.2, 0.25) is 0 Å². The van der Waals surface area contributed by atoms with E-state index in [4.69, 9.17) is 0 Å². The number of rotatable bonds is 5. The molecule has 28 heavy (non-hydrogen) atoms. The van der Waals surface area contributed by atoms with Crippen LogP contribution in [-0.4, -0.2) is 31.2 Å². The Balaban J connectivity index is 1.74. The number of nitrogens with one attached hydrogen (secondary N) is 1. The lowest BCUT2D eigenvalue weighted by Crippen LogP contribution is -2.45. The minimum absolute atomic E-state index is 0.0400. The number of benzene rings is 2. The molecule has 1 atom stereocenters. The van der Waals surface area contributed by atoms with Gasteiger partial charge in [0.05, 0.1) is 4.90 Å². The fraction of sp³-hybridized carbons (Fsp3) is 0.316. The summed E-state index contributed by atoms with van der Waals surface area (Å²) in [7, 11) is -3.88. The molecule has 1 fully saturated rings. The van der Waals surface area contributed by atoms with E-state index in [-0.39, 0.29) is 23.5 Å². The van der Waals surface area contributed by atoms with E-state index in [1.54, 1.807) is 0 Å². The molecular formula is C19H19F3N2O3S. The van der Waals surface area contributed by atoms with Crippen LogP contribution in [0.25, 0.3) is 0 Å². The van der Waals surface area contributed by atoms with Crippen LogP contribution >= 0.6 is 0 Å². The monoisotopic (exact) mass is 412 g/mol. The highest BCUT2D eigenvalue weighted by Crippen LogP contribution is 2.27. The van der Waals surface area contributed by atoms with Gasteiger partial charge in [-0.25, -0.2) is 21.6 Å². The van der Waals surface area contributed by atoms with Crippen molar-refractivity contribution in [3.05, 3.63) is 59.9 Å². The molecule has 1 N–H and O–H groups in total. The SMILES string of the molecule is O=C(C[C@H]1CCCCN1S(=O)(=O)c1ccc(F)cc1)Nc1ccc(F)c(F)c1. The highest BCUT2D eigenvalue weighted by Gasteiger charge is 2.34. The number of carbonyl (C=O) groups excluding carboxylic acids is 1. The number of piperidine rings is 1. The van der Waals surface area contributed by atoms with Gasteiger partial charge >= 0.3 is 0 Å². The standard InChI is InChI=1S/C19H19F3N2O3S/c20-13-4-7-16(8-5-13)28(26,27)24-10-2-1-3-15(24)12-19(25)23-14-6-9-17(21)18(22)11-14/h4-9,11,15H,1-3,10,12H2,(H,23,25)/t15-/m1/s1. The van der Waals surface area contributed by atoms with Gasteiger partial charge in [0.25, 0.3) is 0 Å². The van der Waals surface area contributed by atoms with Crippen LogP contribution in [0, 0.1) is 17.5 Å². The molecule has 0 unspecified atom stereocenters. The van der Waals surface area contributed by atoms with E-state index in [1.165, 1.54) is 22.5 Å². The van der Waals surface area contributed by atoms with Crippen molar-refractivity contribution in [2.75, 3.05) is 11.9 Å². The average molecular weight is 412 g/mol. The number of hydrogen-bond acceptors (Lipinski definition) is 3. The van der Waals surface area contributed by atoms with Crippen molar-refractivity contribution >= 4 is 21.6 Å². The summed E-state index contributed by atoms with van der Waals surface area (Å²) in [5.74, 6) is -3.16. The molecule has 1 amide bonds. The minimum Gasteiger partial charge on any atom is -0.326 e. The molecule has 1 heterocycles. The maximum Gasteiger partial charge on any atom is 0.243 e. The first-order valence-corrected chi connectivity index (χ1v) is 10.2. The molecule has 0 radical (unpaired) electrons. The summed E-state index contributed by atoms with van der Waals surface area (Å²) in [6.45, 7) is 0.253. The normalized spacial score (nSPS) is 18.0. The molecule has 0 aliphatic carbocycles. The Bertz CT molecular complexity index is 965. The highest BCUT2D eigenvalue weighted by molar-refractivity contribution is 7.89. The van der Waals surface area contributed by atoms with E-state index in [0.717, 1.165) is 30.7 Å². The van der Waals surface area contributed by atoms with Gasteiger partial charge in [-0.15, -0.1) is 0 Å². The topological polar surface area (TPSA) is 66.5 Å². The molecule has 1 aliphatic rings. The van der Waals surface area contributed by atoms with Crippen LogP contribution in [0.4, 0.5) is 18.9 Å². The van der Waals surface area contributed by atoms with Gasteiger partial charge in [-0.05, 0) is 49.2 Å². The third kappa shape index (κ3) is 4.53. The van der Waals surface area contributed by atoms with Crippen molar-refractivity contribution in [3.63, 3.8) is 0 Å². The minimum atomic E-state index is -3.88. The van der Waals surface area contributed by atoms with E-state index in [0.29, 0.717) is 12.8 Å². The zero-order valence-corrected chi connectivity index (χ0v) is 15.7. The first-order chi connectivity index (χ1) is 13.3. The molecule has 3 rings (SSSR count). The lowest BCUT2D eigenvalue weighted by molar-refractivity contribution is -0.117. The molecule has 150 valence electrons. The van der Waals surface area contributed by atoms with E-state index < -0.39 is 39.4 Å². The average Bonchev–Trinajstić information content (AvgIpc) is 2.65. The first-order valence-electron chi connectivity index (χ1n) is 8.79. The largest absolute Gasteiger partial charge is 0.326 e. The molecule has 0 spiro atoms. The second kappa shape index (κ2) is 8.32. The van der Waals surface area contributed by atoms with Crippen LogP contribution in [0.1, 0.15) is 25.7 Å². The van der Waals surface area contributed by atoms with Crippen molar-refractivity contribution in [1.82, 2.24) is 4.31 Å². The highest BCUT2D eigenvalue weighted by atomic mass is 32.2. The number of carbonyl (C=O) groups is 1. The van der Waals surface area contributed by atoms with Crippen LogP contribution in [0.3, 0.4) is 0 Å². The fourth-order valence-electron chi connectivity index (χ4n) is 3.24. The maximum atomic E-state index is 13.3. The van der Waals surface area contributed by atoms with Gasteiger partial charge in [0.1, 0.15) is 5.82 Å². The van der Waals surface area contributed by atoms with Gasteiger partial charge in [-0.2, -0.15) is 4.31 Å². The summed E-state index contributed by atoms with van der Waals surface area (Å²) >= 11 is 0. The van der Waals surface area contributed by atoms with Crippen LogP contribution in [-0.2, 0) is 14.8 Å². The summed E-state index contributed by atoms with van der Waals surface area (Å²) in [5.41, 5.74) is 0.0904. The van der Waals surface area contributed by atoms with Gasteiger partial charge in [0.15, 0.2) is 11.6 Å². The van der Waals surface area contributed by atoms with Crippen molar-refractivity contribution in [2.45, 2.75) is 36.6 Å². The predicted octanol–water partition coefficient (Wildman–Crippen LogP) is 3.68. The van der Waals surface area contributed by atoms with E-state index in [1.807, 2.05) is 0 Å². The molecular weight excluding hydrogens is 393 g/mol. The Labute approximate surface area is 161 Å². The number of hydrogen-bond donors (Lipinski definition) is 1. The summed E-state index contributed by atoms with van der Waals surface area (Å²) in [4.78, 5) is 12.3.